The number of carbonyl (C=O) groups excluding carboxylic acids is 2. The van der Waals surface area contributed by atoms with Crippen molar-refractivity contribution in [3.05, 3.63) is 23.8 Å². The second-order valence-electron chi connectivity index (χ2n) is 4.62. The highest BCUT2D eigenvalue weighted by Gasteiger charge is 2.22. The van der Waals surface area contributed by atoms with Gasteiger partial charge in [-0.05, 0) is 24.6 Å². The van der Waals surface area contributed by atoms with Crippen LogP contribution in [0.25, 0.3) is 0 Å². The molecule has 1 aromatic carbocycles. The molecule has 0 saturated heterocycles. The van der Waals surface area contributed by atoms with E-state index in [1.165, 1.54) is 5.01 Å². The third-order valence-electron chi connectivity index (χ3n) is 3.07. The van der Waals surface area contributed by atoms with Gasteiger partial charge in [0, 0.05) is 19.9 Å². The average molecular weight is 275 g/mol. The Kier molecular flexibility index (Phi) is 4.02. The Morgan fingerprint density at radius 2 is 2.15 bits per heavy atom. The van der Waals surface area contributed by atoms with E-state index in [9.17, 15) is 9.59 Å². The van der Waals surface area contributed by atoms with Crippen molar-refractivity contribution >= 4 is 23.2 Å². The van der Waals surface area contributed by atoms with E-state index in [2.05, 4.69) is 10.4 Å². The van der Waals surface area contributed by atoms with Crippen LogP contribution < -0.4 is 10.1 Å². The molecule has 0 bridgehead atoms. The normalized spacial score (nSPS) is 14.8. The highest BCUT2D eigenvalue weighted by molar-refractivity contribution is 6.43. The maximum atomic E-state index is 12.2. The van der Waals surface area contributed by atoms with Crippen LogP contribution in [0.3, 0.4) is 0 Å². The van der Waals surface area contributed by atoms with Gasteiger partial charge in [0.25, 0.3) is 5.91 Å². The van der Waals surface area contributed by atoms with E-state index in [0.29, 0.717) is 30.0 Å². The monoisotopic (exact) mass is 275 g/mol. The molecular weight excluding hydrogens is 258 g/mol. The number of hydrogen-bond donors (Lipinski definition) is 1. The molecule has 0 fully saturated rings. The molecule has 20 heavy (non-hydrogen) atoms. The number of rotatable bonds is 3. The highest BCUT2D eigenvalue weighted by Crippen LogP contribution is 2.25. The Balaban J connectivity index is 2.18. The van der Waals surface area contributed by atoms with Gasteiger partial charge in [0.2, 0.25) is 5.91 Å². The van der Waals surface area contributed by atoms with Gasteiger partial charge >= 0.3 is 0 Å². The zero-order valence-corrected chi connectivity index (χ0v) is 11.8. The van der Waals surface area contributed by atoms with Crippen LogP contribution in [-0.2, 0) is 9.59 Å². The minimum Gasteiger partial charge on any atom is -0.495 e. The summed E-state index contributed by atoms with van der Waals surface area (Å²) in [6, 6.07) is 5.53. The molecule has 1 aromatic rings. The summed E-state index contributed by atoms with van der Waals surface area (Å²) in [7, 11) is 3.09. The minimum absolute atomic E-state index is 0.0883. The topological polar surface area (TPSA) is 71.0 Å². The summed E-state index contributed by atoms with van der Waals surface area (Å²) in [5.41, 5.74) is 1.95. The fraction of sp³-hybridized carbons (Fsp3) is 0.357. The van der Waals surface area contributed by atoms with Crippen LogP contribution in [0.2, 0.25) is 0 Å². The molecule has 6 heteroatoms. The number of carbonyl (C=O) groups is 2. The number of hydrazone groups is 1. The summed E-state index contributed by atoms with van der Waals surface area (Å²) in [5, 5.41) is 7.96. The molecule has 1 aliphatic heterocycles. The van der Waals surface area contributed by atoms with Gasteiger partial charge in [0.15, 0.2) is 0 Å². The van der Waals surface area contributed by atoms with Crippen molar-refractivity contribution in [3.63, 3.8) is 0 Å². The van der Waals surface area contributed by atoms with E-state index in [1.54, 1.807) is 20.2 Å². The van der Waals surface area contributed by atoms with E-state index < -0.39 is 0 Å². The van der Waals surface area contributed by atoms with Crippen LogP contribution in [0.4, 0.5) is 5.69 Å². The van der Waals surface area contributed by atoms with Crippen LogP contribution in [0.5, 0.6) is 5.75 Å². The zero-order valence-electron chi connectivity index (χ0n) is 11.8. The van der Waals surface area contributed by atoms with E-state index in [-0.39, 0.29) is 11.8 Å². The van der Waals surface area contributed by atoms with Crippen molar-refractivity contribution in [2.75, 3.05) is 19.5 Å². The van der Waals surface area contributed by atoms with Crippen molar-refractivity contribution in [1.82, 2.24) is 5.01 Å². The first-order chi connectivity index (χ1) is 9.51. The van der Waals surface area contributed by atoms with Crippen molar-refractivity contribution in [2.45, 2.75) is 19.8 Å². The lowest BCUT2D eigenvalue weighted by Crippen LogP contribution is -2.34. The lowest BCUT2D eigenvalue weighted by atomic mass is 10.1. The SMILES string of the molecule is COc1ccc(C)cc1NC(=O)C1=NN(C)C(=O)CC1. The summed E-state index contributed by atoms with van der Waals surface area (Å²) in [6.45, 7) is 1.93. The van der Waals surface area contributed by atoms with E-state index in [0.717, 1.165) is 5.56 Å². The number of benzene rings is 1. The third-order valence-corrected chi connectivity index (χ3v) is 3.07. The first-order valence-corrected chi connectivity index (χ1v) is 6.31. The minimum atomic E-state index is -0.312. The second kappa shape index (κ2) is 5.73. The molecule has 2 amide bonds. The van der Waals surface area contributed by atoms with Gasteiger partial charge in [0.1, 0.15) is 11.5 Å². The summed E-state index contributed by atoms with van der Waals surface area (Å²) < 4.78 is 5.21. The fourth-order valence-electron chi connectivity index (χ4n) is 1.95. The van der Waals surface area contributed by atoms with Crippen LogP contribution in [-0.4, -0.2) is 36.7 Å². The summed E-state index contributed by atoms with van der Waals surface area (Å²) >= 11 is 0. The molecule has 1 N–H and O–H groups in total. The average Bonchev–Trinajstić information content (AvgIpc) is 2.42. The van der Waals surface area contributed by atoms with Gasteiger partial charge in [-0.3, -0.25) is 9.59 Å². The molecule has 0 radical (unpaired) electrons. The third kappa shape index (κ3) is 2.96. The van der Waals surface area contributed by atoms with E-state index >= 15 is 0 Å². The molecule has 106 valence electrons. The first-order valence-electron chi connectivity index (χ1n) is 6.31. The number of methoxy groups -OCH3 is 1. The maximum absolute atomic E-state index is 12.2. The quantitative estimate of drug-likeness (QED) is 0.909. The number of nitrogens with one attached hydrogen (secondary N) is 1. The van der Waals surface area contributed by atoms with Crippen molar-refractivity contribution in [2.24, 2.45) is 5.10 Å². The van der Waals surface area contributed by atoms with Crippen molar-refractivity contribution in [3.8, 4) is 5.75 Å². The lowest BCUT2D eigenvalue weighted by Gasteiger charge is -2.19. The van der Waals surface area contributed by atoms with Crippen LogP contribution in [0.1, 0.15) is 18.4 Å². The number of hydrogen-bond acceptors (Lipinski definition) is 4. The van der Waals surface area contributed by atoms with Crippen molar-refractivity contribution < 1.29 is 14.3 Å². The van der Waals surface area contributed by atoms with Crippen LogP contribution in [0, 0.1) is 6.92 Å². The Labute approximate surface area is 117 Å². The predicted molar refractivity (Wildman–Crippen MR) is 75.8 cm³/mol. The summed E-state index contributed by atoms with van der Waals surface area (Å²) in [4.78, 5) is 23.5. The van der Waals surface area contributed by atoms with Gasteiger partial charge in [-0.2, -0.15) is 5.10 Å². The molecular formula is C14H17N3O3. The molecule has 2 rings (SSSR count). The maximum Gasteiger partial charge on any atom is 0.271 e. The van der Waals surface area contributed by atoms with Gasteiger partial charge in [-0.1, -0.05) is 6.07 Å². The molecule has 0 unspecified atom stereocenters. The highest BCUT2D eigenvalue weighted by atomic mass is 16.5. The fourth-order valence-corrected chi connectivity index (χ4v) is 1.95. The van der Waals surface area contributed by atoms with Gasteiger partial charge in [-0.25, -0.2) is 5.01 Å². The van der Waals surface area contributed by atoms with Crippen molar-refractivity contribution in [1.29, 1.82) is 0 Å². The Hall–Kier alpha value is -2.37. The number of amides is 2. The second-order valence-corrected chi connectivity index (χ2v) is 4.62. The first kappa shape index (κ1) is 14.0. The molecule has 1 heterocycles. The van der Waals surface area contributed by atoms with Crippen LogP contribution >= 0.6 is 0 Å². The largest absolute Gasteiger partial charge is 0.495 e. The summed E-state index contributed by atoms with van der Waals surface area (Å²) in [6.07, 6.45) is 0.650. The smallest absolute Gasteiger partial charge is 0.271 e. The number of anilines is 1. The van der Waals surface area contributed by atoms with E-state index in [4.69, 9.17) is 4.74 Å². The lowest BCUT2D eigenvalue weighted by molar-refractivity contribution is -0.130. The number of ether oxygens (including phenoxy) is 1. The summed E-state index contributed by atoms with van der Waals surface area (Å²) in [5.74, 6) is 0.188. The van der Waals surface area contributed by atoms with Gasteiger partial charge in [0.05, 0.1) is 12.8 Å². The number of aryl methyl sites for hydroxylation is 1. The predicted octanol–water partition coefficient (Wildman–Crippen LogP) is 1.55. The standard InChI is InChI=1S/C14H17N3O3/c1-9-4-6-12(20-3)11(8-9)15-14(19)10-5-7-13(18)17(2)16-10/h4,6,8H,5,7H2,1-3H3,(H,15,19). The van der Waals surface area contributed by atoms with Gasteiger partial charge < -0.3 is 10.1 Å². The molecule has 1 aliphatic rings. The van der Waals surface area contributed by atoms with Gasteiger partial charge in [-0.15, -0.1) is 0 Å². The molecule has 0 spiro atoms. The molecule has 0 aromatic heterocycles. The Morgan fingerprint density at radius 3 is 2.80 bits per heavy atom. The van der Waals surface area contributed by atoms with E-state index in [1.807, 2.05) is 19.1 Å². The molecule has 6 nitrogen and oxygen atoms in total. The number of nitrogens with zero attached hydrogens (tertiary/aromatic N) is 2. The Bertz CT molecular complexity index is 581. The molecule has 0 atom stereocenters. The Morgan fingerprint density at radius 1 is 1.40 bits per heavy atom. The molecule has 0 saturated carbocycles. The molecule has 0 aliphatic carbocycles. The zero-order chi connectivity index (χ0) is 14.7. The van der Waals surface area contributed by atoms with Crippen LogP contribution in [0.15, 0.2) is 23.3 Å².